The highest BCUT2D eigenvalue weighted by molar-refractivity contribution is 7.16. The van der Waals surface area contributed by atoms with E-state index in [-0.39, 0.29) is 18.6 Å². The molecule has 7 heteroatoms. The lowest BCUT2D eigenvalue weighted by atomic mass is 10.3. The van der Waals surface area contributed by atoms with E-state index in [0.717, 1.165) is 23.1 Å². The number of thiazole rings is 1. The first-order chi connectivity index (χ1) is 9.63. The number of nitrogens with one attached hydrogen (secondary N) is 1. The van der Waals surface area contributed by atoms with Gasteiger partial charge in [-0.05, 0) is 31.0 Å². The van der Waals surface area contributed by atoms with E-state index in [1.54, 1.807) is 11.6 Å². The van der Waals surface area contributed by atoms with E-state index in [9.17, 15) is 9.59 Å². The average Bonchev–Trinajstić information content (AvgIpc) is 3.13. The lowest BCUT2D eigenvalue weighted by Gasteiger charge is -2.20. The van der Waals surface area contributed by atoms with E-state index in [0.29, 0.717) is 5.69 Å². The zero-order valence-electron chi connectivity index (χ0n) is 10.6. The molecule has 104 valence electrons. The maximum Gasteiger partial charge on any atom is 0.323 e. The molecule has 0 aliphatic heterocycles. The van der Waals surface area contributed by atoms with E-state index in [1.807, 2.05) is 12.1 Å². The van der Waals surface area contributed by atoms with Crippen LogP contribution in [0.5, 0.6) is 0 Å². The standard InChI is InChI=1S/C13H13N3O3S/c17-12(18)6-16(9-2-3-9)13(19)15-8-1-4-10-11(5-8)20-7-14-10/h1,4-5,7,9H,2-3,6H2,(H,15,19)(H,17,18). The van der Waals surface area contributed by atoms with Crippen LogP contribution in [0, 0.1) is 0 Å². The summed E-state index contributed by atoms with van der Waals surface area (Å²) in [5, 5.41) is 11.6. The Balaban J connectivity index is 1.74. The van der Waals surface area contributed by atoms with Gasteiger partial charge in [-0.15, -0.1) is 11.3 Å². The summed E-state index contributed by atoms with van der Waals surface area (Å²) in [5.41, 5.74) is 3.29. The van der Waals surface area contributed by atoms with Crippen LogP contribution in [-0.4, -0.2) is 39.6 Å². The van der Waals surface area contributed by atoms with Crippen molar-refractivity contribution < 1.29 is 14.7 Å². The smallest absolute Gasteiger partial charge is 0.323 e. The zero-order valence-corrected chi connectivity index (χ0v) is 11.4. The number of hydrogen-bond acceptors (Lipinski definition) is 4. The fourth-order valence-electron chi connectivity index (χ4n) is 2.03. The topological polar surface area (TPSA) is 82.5 Å². The second-order valence-electron chi connectivity index (χ2n) is 4.72. The number of carboxylic acid groups (broad SMARTS) is 1. The summed E-state index contributed by atoms with van der Waals surface area (Å²) in [4.78, 5) is 28.5. The van der Waals surface area contributed by atoms with E-state index < -0.39 is 5.97 Å². The van der Waals surface area contributed by atoms with E-state index >= 15 is 0 Å². The van der Waals surface area contributed by atoms with Gasteiger partial charge < -0.3 is 15.3 Å². The van der Waals surface area contributed by atoms with Gasteiger partial charge in [0.05, 0.1) is 15.7 Å². The number of carboxylic acids is 1. The summed E-state index contributed by atoms with van der Waals surface area (Å²) in [7, 11) is 0. The highest BCUT2D eigenvalue weighted by Crippen LogP contribution is 2.28. The number of carbonyl (C=O) groups excluding carboxylic acids is 1. The van der Waals surface area contributed by atoms with E-state index in [1.165, 1.54) is 16.2 Å². The zero-order chi connectivity index (χ0) is 14.1. The first-order valence-electron chi connectivity index (χ1n) is 6.26. The third kappa shape index (κ3) is 2.72. The Morgan fingerprint density at radius 2 is 2.25 bits per heavy atom. The summed E-state index contributed by atoms with van der Waals surface area (Å²) in [6.07, 6.45) is 1.74. The number of carbonyl (C=O) groups is 2. The van der Waals surface area contributed by atoms with Crippen molar-refractivity contribution in [2.45, 2.75) is 18.9 Å². The molecule has 0 unspecified atom stereocenters. The minimum absolute atomic E-state index is 0.0539. The van der Waals surface area contributed by atoms with Gasteiger partial charge in [-0.2, -0.15) is 0 Å². The molecular weight excluding hydrogens is 278 g/mol. The number of fused-ring (bicyclic) bond motifs is 1. The summed E-state index contributed by atoms with van der Waals surface area (Å²) in [6.45, 7) is -0.265. The third-order valence-electron chi connectivity index (χ3n) is 3.14. The molecule has 1 fully saturated rings. The SMILES string of the molecule is O=C(O)CN(C(=O)Nc1ccc2ncsc2c1)C1CC1. The van der Waals surface area contributed by atoms with Crippen LogP contribution in [-0.2, 0) is 4.79 Å². The molecule has 2 N–H and O–H groups in total. The van der Waals surface area contributed by atoms with Crippen molar-refractivity contribution in [2.24, 2.45) is 0 Å². The second-order valence-corrected chi connectivity index (χ2v) is 5.60. The number of nitrogens with zero attached hydrogens (tertiary/aromatic N) is 2. The van der Waals surface area contributed by atoms with Gasteiger partial charge in [-0.3, -0.25) is 4.79 Å². The molecule has 6 nitrogen and oxygen atoms in total. The summed E-state index contributed by atoms with van der Waals surface area (Å²) in [6, 6.07) is 5.14. The van der Waals surface area contributed by atoms with Crippen LogP contribution in [0.15, 0.2) is 23.7 Å². The molecule has 0 spiro atoms. The second kappa shape index (κ2) is 5.09. The van der Waals surface area contributed by atoms with Crippen LogP contribution in [0.3, 0.4) is 0 Å². The number of amides is 2. The number of anilines is 1. The molecule has 0 bridgehead atoms. The van der Waals surface area contributed by atoms with E-state index in [4.69, 9.17) is 5.11 Å². The van der Waals surface area contributed by atoms with Gasteiger partial charge in [0.15, 0.2) is 0 Å². The molecule has 2 aromatic rings. The quantitative estimate of drug-likeness (QED) is 0.906. The van der Waals surface area contributed by atoms with Crippen LogP contribution in [0.4, 0.5) is 10.5 Å². The Labute approximate surface area is 119 Å². The van der Waals surface area contributed by atoms with Crippen molar-refractivity contribution in [3.8, 4) is 0 Å². The lowest BCUT2D eigenvalue weighted by molar-refractivity contribution is -0.137. The lowest BCUT2D eigenvalue weighted by Crippen LogP contribution is -2.40. The predicted molar refractivity (Wildman–Crippen MR) is 76.0 cm³/mol. The molecular formula is C13H13N3O3S. The molecule has 0 saturated heterocycles. The molecule has 20 heavy (non-hydrogen) atoms. The maximum absolute atomic E-state index is 12.1. The first kappa shape index (κ1) is 12.9. The first-order valence-corrected chi connectivity index (χ1v) is 7.14. The van der Waals surface area contributed by atoms with Gasteiger partial charge >= 0.3 is 12.0 Å². The van der Waals surface area contributed by atoms with Gasteiger partial charge in [0.2, 0.25) is 0 Å². The molecule has 1 heterocycles. The van der Waals surface area contributed by atoms with Crippen molar-refractivity contribution in [1.82, 2.24) is 9.88 Å². The number of aliphatic carboxylic acids is 1. The number of benzene rings is 1. The average molecular weight is 291 g/mol. The number of urea groups is 1. The van der Waals surface area contributed by atoms with Crippen molar-refractivity contribution in [2.75, 3.05) is 11.9 Å². The summed E-state index contributed by atoms with van der Waals surface area (Å²) >= 11 is 1.50. The fourth-order valence-corrected chi connectivity index (χ4v) is 2.74. The van der Waals surface area contributed by atoms with Crippen LogP contribution >= 0.6 is 11.3 Å². The molecule has 1 aromatic heterocycles. The largest absolute Gasteiger partial charge is 0.480 e. The van der Waals surface area contributed by atoms with Crippen molar-refractivity contribution in [1.29, 1.82) is 0 Å². The minimum atomic E-state index is -0.995. The summed E-state index contributed by atoms with van der Waals surface area (Å²) in [5.74, 6) is -0.995. The molecule has 1 aromatic carbocycles. The monoisotopic (exact) mass is 291 g/mol. The maximum atomic E-state index is 12.1. The van der Waals surface area contributed by atoms with Crippen molar-refractivity contribution in [3.05, 3.63) is 23.7 Å². The van der Waals surface area contributed by atoms with Gasteiger partial charge in [0.1, 0.15) is 6.54 Å². The molecule has 1 aliphatic rings. The normalized spacial score (nSPS) is 14.2. The fraction of sp³-hybridized carbons (Fsp3) is 0.308. The molecule has 1 saturated carbocycles. The van der Waals surface area contributed by atoms with E-state index in [2.05, 4.69) is 10.3 Å². The predicted octanol–water partition coefficient (Wildman–Crippen LogP) is 2.38. The number of rotatable bonds is 4. The van der Waals surface area contributed by atoms with Crippen molar-refractivity contribution >= 4 is 39.2 Å². The molecule has 1 aliphatic carbocycles. The van der Waals surface area contributed by atoms with Crippen LogP contribution < -0.4 is 5.32 Å². The summed E-state index contributed by atoms with van der Waals surface area (Å²) < 4.78 is 0.985. The minimum Gasteiger partial charge on any atom is -0.480 e. The molecule has 0 radical (unpaired) electrons. The van der Waals surface area contributed by atoms with Crippen LogP contribution in [0.1, 0.15) is 12.8 Å². The molecule has 3 rings (SSSR count). The van der Waals surface area contributed by atoms with Crippen molar-refractivity contribution in [3.63, 3.8) is 0 Å². The van der Waals surface area contributed by atoms with Gasteiger partial charge in [0.25, 0.3) is 0 Å². The van der Waals surface area contributed by atoms with Gasteiger partial charge in [-0.1, -0.05) is 0 Å². The number of hydrogen-bond donors (Lipinski definition) is 2. The van der Waals surface area contributed by atoms with Gasteiger partial charge in [-0.25, -0.2) is 9.78 Å². The highest BCUT2D eigenvalue weighted by atomic mass is 32.1. The molecule has 2 amide bonds. The highest BCUT2D eigenvalue weighted by Gasteiger charge is 2.33. The number of aromatic nitrogens is 1. The van der Waals surface area contributed by atoms with Crippen LogP contribution in [0.2, 0.25) is 0 Å². The Kier molecular flexibility index (Phi) is 3.27. The van der Waals surface area contributed by atoms with Gasteiger partial charge in [0, 0.05) is 11.7 Å². The Morgan fingerprint density at radius 1 is 1.45 bits per heavy atom. The van der Waals surface area contributed by atoms with Crippen LogP contribution in [0.25, 0.3) is 10.2 Å². The molecule has 0 atom stereocenters. The Morgan fingerprint density at radius 3 is 2.95 bits per heavy atom. The third-order valence-corrected chi connectivity index (χ3v) is 3.93. The Hall–Kier alpha value is -2.15. The Bertz CT molecular complexity index is 666.